The third-order valence-corrected chi connectivity index (χ3v) is 3.65. The molecule has 1 unspecified atom stereocenters. The molecule has 6 heteroatoms. The number of hydrogen-bond donors (Lipinski definition) is 1. The predicted octanol–water partition coefficient (Wildman–Crippen LogP) is 2.81. The average molecular weight is 299 g/mol. The Bertz CT molecular complexity index is 628. The van der Waals surface area contributed by atoms with Gasteiger partial charge < -0.3 is 9.84 Å². The Morgan fingerprint density at radius 2 is 2.20 bits per heavy atom. The molecule has 0 radical (unpaired) electrons. The summed E-state index contributed by atoms with van der Waals surface area (Å²) in [6.45, 7) is 1.76. The van der Waals surface area contributed by atoms with E-state index in [1.807, 2.05) is 0 Å². The maximum atomic E-state index is 14.1. The number of aliphatic hydroxyl groups is 1. The van der Waals surface area contributed by atoms with Crippen molar-refractivity contribution >= 4 is 11.6 Å². The van der Waals surface area contributed by atoms with Gasteiger partial charge in [0.2, 0.25) is 0 Å². The fourth-order valence-electron chi connectivity index (χ4n) is 2.21. The van der Waals surface area contributed by atoms with Crippen molar-refractivity contribution in [3.8, 4) is 5.75 Å². The summed E-state index contributed by atoms with van der Waals surface area (Å²) in [6, 6.07) is 4.83. The summed E-state index contributed by atoms with van der Waals surface area (Å²) in [6.07, 6.45) is -0.812. The van der Waals surface area contributed by atoms with E-state index in [0.29, 0.717) is 22.0 Å². The van der Waals surface area contributed by atoms with Crippen LogP contribution in [-0.2, 0) is 13.5 Å². The van der Waals surface area contributed by atoms with Crippen LogP contribution in [0.15, 0.2) is 18.2 Å². The van der Waals surface area contributed by atoms with Crippen LogP contribution < -0.4 is 4.74 Å². The zero-order valence-corrected chi connectivity index (χ0v) is 12.3. The zero-order valence-electron chi connectivity index (χ0n) is 11.5. The van der Waals surface area contributed by atoms with Gasteiger partial charge in [0.25, 0.3) is 0 Å². The molecule has 1 aromatic carbocycles. The largest absolute Gasteiger partial charge is 0.494 e. The van der Waals surface area contributed by atoms with Crippen LogP contribution in [0.4, 0.5) is 4.39 Å². The number of nitrogens with zero attached hydrogens (tertiary/aromatic N) is 2. The second-order valence-electron chi connectivity index (χ2n) is 4.57. The highest BCUT2D eigenvalue weighted by Crippen LogP contribution is 2.30. The molecule has 1 N–H and O–H groups in total. The number of aryl methyl sites for hydroxylation is 2. The Labute approximate surface area is 121 Å². The summed E-state index contributed by atoms with van der Waals surface area (Å²) in [5.41, 5.74) is 1.53. The van der Waals surface area contributed by atoms with Crippen molar-refractivity contribution in [2.45, 2.75) is 19.4 Å². The molecule has 108 valence electrons. The van der Waals surface area contributed by atoms with E-state index in [1.54, 1.807) is 26.1 Å². The van der Waals surface area contributed by atoms with Gasteiger partial charge in [-0.15, -0.1) is 0 Å². The molecule has 0 bridgehead atoms. The molecule has 20 heavy (non-hydrogen) atoms. The van der Waals surface area contributed by atoms with E-state index in [2.05, 4.69) is 5.10 Å². The number of aromatic nitrogens is 2. The van der Waals surface area contributed by atoms with Gasteiger partial charge in [-0.25, -0.2) is 4.39 Å². The van der Waals surface area contributed by atoms with Gasteiger partial charge in [0, 0.05) is 19.0 Å². The molecule has 0 aliphatic rings. The van der Waals surface area contributed by atoms with Crippen molar-refractivity contribution < 1.29 is 14.2 Å². The lowest BCUT2D eigenvalue weighted by Gasteiger charge is -2.13. The van der Waals surface area contributed by atoms with Gasteiger partial charge >= 0.3 is 0 Å². The van der Waals surface area contributed by atoms with Crippen LogP contribution in [0, 0.1) is 12.7 Å². The molecular formula is C14H16ClFN2O2. The van der Waals surface area contributed by atoms with Gasteiger partial charge in [-0.3, -0.25) is 4.68 Å². The normalized spacial score (nSPS) is 12.5. The van der Waals surface area contributed by atoms with E-state index in [0.717, 1.165) is 0 Å². The third-order valence-electron chi connectivity index (χ3n) is 3.21. The topological polar surface area (TPSA) is 47.3 Å². The molecule has 2 aromatic rings. The van der Waals surface area contributed by atoms with Gasteiger partial charge in [-0.05, 0) is 18.6 Å². The second kappa shape index (κ2) is 5.81. The first-order chi connectivity index (χ1) is 9.45. The van der Waals surface area contributed by atoms with Crippen molar-refractivity contribution in [3.05, 3.63) is 46.0 Å². The lowest BCUT2D eigenvalue weighted by molar-refractivity contribution is 0.176. The Hall–Kier alpha value is -1.59. The Kier molecular flexibility index (Phi) is 4.30. The second-order valence-corrected chi connectivity index (χ2v) is 4.92. The van der Waals surface area contributed by atoms with Gasteiger partial charge in [0.1, 0.15) is 5.15 Å². The number of hydrogen-bond acceptors (Lipinski definition) is 3. The molecular weight excluding hydrogens is 283 g/mol. The minimum atomic E-state index is -0.919. The fourth-order valence-corrected chi connectivity index (χ4v) is 2.51. The van der Waals surface area contributed by atoms with Crippen molar-refractivity contribution in [3.63, 3.8) is 0 Å². The van der Waals surface area contributed by atoms with Crippen molar-refractivity contribution in [1.29, 1.82) is 0 Å². The number of ether oxygens (including phenoxy) is 1. The molecule has 0 fully saturated rings. The van der Waals surface area contributed by atoms with Gasteiger partial charge in [-0.1, -0.05) is 23.7 Å². The van der Waals surface area contributed by atoms with E-state index in [4.69, 9.17) is 16.3 Å². The van der Waals surface area contributed by atoms with E-state index in [1.165, 1.54) is 17.9 Å². The van der Waals surface area contributed by atoms with E-state index in [9.17, 15) is 9.50 Å². The summed E-state index contributed by atoms with van der Waals surface area (Å²) in [5, 5.41) is 14.8. The Morgan fingerprint density at radius 3 is 2.75 bits per heavy atom. The quantitative estimate of drug-likeness (QED) is 0.944. The third kappa shape index (κ3) is 2.64. The first-order valence-corrected chi connectivity index (χ1v) is 6.52. The molecule has 0 saturated heterocycles. The number of halogens is 2. The predicted molar refractivity (Wildman–Crippen MR) is 74.6 cm³/mol. The molecule has 0 amide bonds. The maximum absolute atomic E-state index is 14.1. The van der Waals surface area contributed by atoms with Crippen LogP contribution in [0.25, 0.3) is 0 Å². The Balaban J connectivity index is 2.30. The molecule has 0 saturated carbocycles. The minimum Gasteiger partial charge on any atom is -0.494 e. The maximum Gasteiger partial charge on any atom is 0.168 e. The van der Waals surface area contributed by atoms with Crippen LogP contribution in [0.3, 0.4) is 0 Å². The molecule has 2 rings (SSSR count). The SMILES string of the molecule is COc1cccc(CC(O)c2c(C)nn(C)c2Cl)c1F. The molecule has 0 aliphatic heterocycles. The summed E-state index contributed by atoms with van der Waals surface area (Å²) in [7, 11) is 3.10. The Morgan fingerprint density at radius 1 is 1.50 bits per heavy atom. The lowest BCUT2D eigenvalue weighted by atomic mass is 10.0. The molecule has 0 spiro atoms. The highest BCUT2D eigenvalue weighted by Gasteiger charge is 2.21. The number of rotatable bonds is 4. The number of aliphatic hydroxyl groups excluding tert-OH is 1. The monoisotopic (exact) mass is 298 g/mol. The summed E-state index contributed by atoms with van der Waals surface area (Å²) in [5.74, 6) is -0.310. The van der Waals surface area contributed by atoms with Crippen molar-refractivity contribution in [2.75, 3.05) is 7.11 Å². The lowest BCUT2D eigenvalue weighted by Crippen LogP contribution is -2.06. The summed E-state index contributed by atoms with van der Waals surface area (Å²) in [4.78, 5) is 0. The van der Waals surface area contributed by atoms with Gasteiger partial charge in [0.05, 0.1) is 18.9 Å². The van der Waals surface area contributed by atoms with Crippen LogP contribution in [0.5, 0.6) is 5.75 Å². The van der Waals surface area contributed by atoms with Crippen LogP contribution in [0.1, 0.15) is 22.9 Å². The average Bonchev–Trinajstić information content (AvgIpc) is 2.65. The molecule has 1 aromatic heterocycles. The standard InChI is InChI=1S/C14H16ClFN2O2/c1-8-12(14(15)18(2)17-8)10(19)7-9-5-4-6-11(20-3)13(9)16/h4-6,10,19H,7H2,1-3H3. The highest BCUT2D eigenvalue weighted by atomic mass is 35.5. The van der Waals surface area contributed by atoms with Crippen molar-refractivity contribution in [2.24, 2.45) is 7.05 Å². The van der Waals surface area contributed by atoms with Crippen LogP contribution in [0.2, 0.25) is 5.15 Å². The molecule has 1 heterocycles. The van der Waals surface area contributed by atoms with E-state index in [-0.39, 0.29) is 12.2 Å². The minimum absolute atomic E-state index is 0.106. The van der Waals surface area contributed by atoms with E-state index >= 15 is 0 Å². The first-order valence-electron chi connectivity index (χ1n) is 6.14. The number of benzene rings is 1. The summed E-state index contributed by atoms with van der Waals surface area (Å²) >= 11 is 6.10. The smallest absolute Gasteiger partial charge is 0.168 e. The van der Waals surface area contributed by atoms with Crippen LogP contribution in [-0.4, -0.2) is 22.0 Å². The fraction of sp³-hybridized carbons (Fsp3) is 0.357. The highest BCUT2D eigenvalue weighted by molar-refractivity contribution is 6.30. The van der Waals surface area contributed by atoms with Gasteiger partial charge in [0.15, 0.2) is 11.6 Å². The molecule has 0 aliphatic carbocycles. The number of methoxy groups -OCH3 is 1. The van der Waals surface area contributed by atoms with Crippen LogP contribution >= 0.6 is 11.6 Å². The molecule has 4 nitrogen and oxygen atoms in total. The van der Waals surface area contributed by atoms with Crippen molar-refractivity contribution in [1.82, 2.24) is 9.78 Å². The zero-order chi connectivity index (χ0) is 14.9. The van der Waals surface area contributed by atoms with Gasteiger partial charge in [-0.2, -0.15) is 5.10 Å². The first kappa shape index (κ1) is 14.8. The summed E-state index contributed by atoms with van der Waals surface area (Å²) < 4.78 is 20.5. The molecule has 1 atom stereocenters. The van der Waals surface area contributed by atoms with E-state index < -0.39 is 11.9 Å².